The van der Waals surface area contributed by atoms with E-state index in [2.05, 4.69) is 6.07 Å². The SMILES string of the molecule is O=C(c1cc2c(s1)CCC2)N1CCC[C@@H]1CO. The molecule has 0 aromatic carbocycles. The van der Waals surface area contributed by atoms with Crippen LogP contribution in [0.25, 0.3) is 0 Å². The van der Waals surface area contributed by atoms with Crippen molar-refractivity contribution in [3.63, 3.8) is 0 Å². The van der Waals surface area contributed by atoms with Crippen molar-refractivity contribution < 1.29 is 9.90 Å². The first kappa shape index (κ1) is 11.2. The highest BCUT2D eigenvalue weighted by atomic mass is 32.1. The topological polar surface area (TPSA) is 40.5 Å². The summed E-state index contributed by atoms with van der Waals surface area (Å²) in [6, 6.07) is 2.11. The smallest absolute Gasteiger partial charge is 0.264 e. The van der Waals surface area contributed by atoms with Gasteiger partial charge in [-0.3, -0.25) is 4.79 Å². The molecule has 1 aliphatic carbocycles. The van der Waals surface area contributed by atoms with Crippen LogP contribution in [0.2, 0.25) is 0 Å². The van der Waals surface area contributed by atoms with Gasteiger partial charge in [0.05, 0.1) is 17.5 Å². The van der Waals surface area contributed by atoms with Gasteiger partial charge in [0.2, 0.25) is 0 Å². The first-order chi connectivity index (χ1) is 8.29. The van der Waals surface area contributed by atoms with Crippen molar-refractivity contribution in [2.24, 2.45) is 0 Å². The number of carbonyl (C=O) groups excluding carboxylic acids is 1. The number of carbonyl (C=O) groups is 1. The normalized spacial score (nSPS) is 23.1. The summed E-state index contributed by atoms with van der Waals surface area (Å²) in [5.41, 5.74) is 1.37. The molecule has 1 aromatic rings. The zero-order chi connectivity index (χ0) is 11.8. The summed E-state index contributed by atoms with van der Waals surface area (Å²) in [6.45, 7) is 0.892. The molecule has 1 aromatic heterocycles. The van der Waals surface area contributed by atoms with Crippen molar-refractivity contribution >= 4 is 17.2 Å². The van der Waals surface area contributed by atoms with Crippen molar-refractivity contribution in [3.8, 4) is 0 Å². The molecule has 4 heteroatoms. The van der Waals surface area contributed by atoms with Crippen LogP contribution in [0.3, 0.4) is 0 Å². The maximum absolute atomic E-state index is 12.3. The van der Waals surface area contributed by atoms with E-state index in [0.29, 0.717) is 0 Å². The largest absolute Gasteiger partial charge is 0.394 e. The fraction of sp³-hybridized carbons (Fsp3) is 0.615. The summed E-state index contributed by atoms with van der Waals surface area (Å²) in [5.74, 6) is 0.126. The highest BCUT2D eigenvalue weighted by Crippen LogP contribution is 2.32. The molecule has 0 spiro atoms. The molecular formula is C13H17NO2S. The van der Waals surface area contributed by atoms with Gasteiger partial charge in [-0.05, 0) is 43.7 Å². The van der Waals surface area contributed by atoms with Crippen LogP contribution in [-0.2, 0) is 12.8 Å². The second-order valence-corrected chi connectivity index (χ2v) is 6.03. The average Bonchev–Trinajstić information content (AvgIpc) is 3.02. The van der Waals surface area contributed by atoms with Crippen LogP contribution in [0.15, 0.2) is 6.07 Å². The number of fused-ring (bicyclic) bond motifs is 1. The standard InChI is InChI=1S/C13H17NO2S/c15-8-10-4-2-6-14(10)13(16)12-7-9-3-1-5-11(9)17-12/h7,10,15H,1-6,8H2/t10-/m1/s1. The number of aliphatic hydroxyl groups excluding tert-OH is 1. The van der Waals surface area contributed by atoms with Gasteiger partial charge < -0.3 is 10.0 Å². The third kappa shape index (κ3) is 1.89. The van der Waals surface area contributed by atoms with Crippen LogP contribution in [0.4, 0.5) is 0 Å². The number of nitrogens with zero attached hydrogens (tertiary/aromatic N) is 1. The maximum atomic E-state index is 12.3. The lowest BCUT2D eigenvalue weighted by Gasteiger charge is -2.22. The van der Waals surface area contributed by atoms with Gasteiger partial charge in [-0.15, -0.1) is 11.3 Å². The second kappa shape index (κ2) is 4.42. The minimum atomic E-state index is 0.0411. The van der Waals surface area contributed by atoms with Crippen LogP contribution in [0.5, 0.6) is 0 Å². The predicted octanol–water partition coefficient (Wildman–Crippen LogP) is 1.83. The van der Waals surface area contributed by atoms with Gasteiger partial charge in [0, 0.05) is 11.4 Å². The molecule has 2 aliphatic rings. The molecule has 0 bridgehead atoms. The Kier molecular flexibility index (Phi) is 2.92. The third-order valence-electron chi connectivity index (χ3n) is 3.81. The van der Waals surface area contributed by atoms with E-state index in [4.69, 9.17) is 0 Å². The monoisotopic (exact) mass is 251 g/mol. The predicted molar refractivity (Wildman–Crippen MR) is 67.5 cm³/mol. The first-order valence-electron chi connectivity index (χ1n) is 6.33. The molecule has 1 N–H and O–H groups in total. The minimum absolute atomic E-state index is 0.0411. The highest BCUT2D eigenvalue weighted by molar-refractivity contribution is 7.14. The molecule has 0 radical (unpaired) electrons. The summed E-state index contributed by atoms with van der Waals surface area (Å²) >= 11 is 1.66. The first-order valence-corrected chi connectivity index (χ1v) is 7.14. The number of hydrogen-bond acceptors (Lipinski definition) is 3. The number of aliphatic hydroxyl groups is 1. The van der Waals surface area contributed by atoms with Crippen LogP contribution in [-0.4, -0.2) is 35.1 Å². The molecule has 2 heterocycles. The molecule has 0 unspecified atom stereocenters. The third-order valence-corrected chi connectivity index (χ3v) is 5.03. The zero-order valence-electron chi connectivity index (χ0n) is 9.82. The number of hydrogen-bond donors (Lipinski definition) is 1. The Bertz CT molecular complexity index is 419. The summed E-state index contributed by atoms with van der Waals surface area (Å²) in [5, 5.41) is 9.26. The van der Waals surface area contributed by atoms with Crippen molar-refractivity contribution in [2.75, 3.05) is 13.2 Å². The van der Waals surface area contributed by atoms with E-state index in [-0.39, 0.29) is 18.6 Å². The Hall–Kier alpha value is -0.870. The Balaban J connectivity index is 1.81. The van der Waals surface area contributed by atoms with Gasteiger partial charge in [-0.1, -0.05) is 0 Å². The van der Waals surface area contributed by atoms with E-state index in [1.54, 1.807) is 11.3 Å². The van der Waals surface area contributed by atoms with E-state index < -0.39 is 0 Å². The lowest BCUT2D eigenvalue weighted by atomic mass is 10.2. The van der Waals surface area contributed by atoms with Crippen LogP contribution in [0, 0.1) is 0 Å². The van der Waals surface area contributed by atoms with Gasteiger partial charge >= 0.3 is 0 Å². The highest BCUT2D eigenvalue weighted by Gasteiger charge is 2.30. The van der Waals surface area contributed by atoms with Gasteiger partial charge in [0.15, 0.2) is 0 Å². The van der Waals surface area contributed by atoms with E-state index in [0.717, 1.165) is 37.1 Å². The number of amides is 1. The van der Waals surface area contributed by atoms with Crippen molar-refractivity contribution in [1.82, 2.24) is 4.90 Å². The number of aryl methyl sites for hydroxylation is 2. The van der Waals surface area contributed by atoms with E-state index >= 15 is 0 Å². The fourth-order valence-corrected chi connectivity index (χ4v) is 4.08. The molecule has 1 atom stereocenters. The summed E-state index contributed by atoms with van der Waals surface area (Å²) < 4.78 is 0. The molecule has 1 aliphatic heterocycles. The Morgan fingerprint density at radius 3 is 3.12 bits per heavy atom. The Morgan fingerprint density at radius 2 is 2.35 bits per heavy atom. The van der Waals surface area contributed by atoms with E-state index in [1.165, 1.54) is 16.9 Å². The number of thiophene rings is 1. The summed E-state index contributed by atoms with van der Waals surface area (Å²) in [6.07, 6.45) is 5.45. The number of likely N-dealkylation sites (tertiary alicyclic amines) is 1. The molecule has 3 nitrogen and oxygen atoms in total. The lowest BCUT2D eigenvalue weighted by Crippen LogP contribution is -2.37. The van der Waals surface area contributed by atoms with Gasteiger partial charge in [-0.2, -0.15) is 0 Å². The molecular weight excluding hydrogens is 234 g/mol. The van der Waals surface area contributed by atoms with Crippen molar-refractivity contribution in [2.45, 2.75) is 38.1 Å². The van der Waals surface area contributed by atoms with E-state index in [1.807, 2.05) is 4.90 Å². The van der Waals surface area contributed by atoms with E-state index in [9.17, 15) is 9.90 Å². The molecule has 92 valence electrons. The summed E-state index contributed by atoms with van der Waals surface area (Å²) in [4.78, 5) is 16.5. The molecule has 17 heavy (non-hydrogen) atoms. The Labute approximate surface area is 105 Å². The fourth-order valence-electron chi connectivity index (χ4n) is 2.87. The number of rotatable bonds is 2. The van der Waals surface area contributed by atoms with Gasteiger partial charge in [0.1, 0.15) is 0 Å². The van der Waals surface area contributed by atoms with Crippen molar-refractivity contribution in [1.29, 1.82) is 0 Å². The van der Waals surface area contributed by atoms with Crippen LogP contribution < -0.4 is 0 Å². The molecule has 1 amide bonds. The quantitative estimate of drug-likeness (QED) is 0.871. The molecule has 1 saturated heterocycles. The maximum Gasteiger partial charge on any atom is 0.264 e. The Morgan fingerprint density at radius 1 is 1.47 bits per heavy atom. The van der Waals surface area contributed by atoms with Crippen LogP contribution in [0.1, 0.15) is 39.4 Å². The molecule has 0 saturated carbocycles. The van der Waals surface area contributed by atoms with Gasteiger partial charge in [0.25, 0.3) is 5.91 Å². The molecule has 1 fully saturated rings. The second-order valence-electron chi connectivity index (χ2n) is 4.89. The summed E-state index contributed by atoms with van der Waals surface area (Å²) in [7, 11) is 0. The average molecular weight is 251 g/mol. The van der Waals surface area contributed by atoms with Gasteiger partial charge in [-0.25, -0.2) is 0 Å². The minimum Gasteiger partial charge on any atom is -0.394 e. The zero-order valence-corrected chi connectivity index (χ0v) is 10.6. The molecule has 3 rings (SSSR count). The van der Waals surface area contributed by atoms with Crippen molar-refractivity contribution in [3.05, 3.63) is 21.4 Å². The lowest BCUT2D eigenvalue weighted by molar-refractivity contribution is 0.0682. The van der Waals surface area contributed by atoms with Crippen LogP contribution >= 0.6 is 11.3 Å².